The maximum absolute atomic E-state index is 11.5. The molecule has 0 aromatic carbocycles. The molecule has 0 aliphatic carbocycles. The highest BCUT2D eigenvalue weighted by Gasteiger charge is 2.40. The van der Waals surface area contributed by atoms with Gasteiger partial charge in [0, 0.05) is 0 Å². The number of nitrogens with zero attached hydrogens (tertiary/aromatic N) is 2. The van der Waals surface area contributed by atoms with Crippen LogP contribution in [0.3, 0.4) is 0 Å². The molecule has 0 saturated carbocycles. The molecule has 0 aromatic heterocycles. The summed E-state index contributed by atoms with van der Waals surface area (Å²) in [6.45, 7) is 0.195. The standard InChI is InChI=1S/C5H4F3N3OS/c6-5(7,8)13-10-4(12)11-2-3(11)1-9/h3H,2H2,(H,10,12). The molecule has 72 valence electrons. The van der Waals surface area contributed by atoms with Crippen LogP contribution in [0.4, 0.5) is 18.0 Å². The fourth-order valence-electron chi connectivity index (χ4n) is 0.634. The molecule has 1 aliphatic heterocycles. The van der Waals surface area contributed by atoms with E-state index in [1.54, 1.807) is 10.8 Å². The first-order valence-electron chi connectivity index (χ1n) is 3.15. The molecule has 1 fully saturated rings. The van der Waals surface area contributed by atoms with Gasteiger partial charge in [0.2, 0.25) is 0 Å². The summed E-state index contributed by atoms with van der Waals surface area (Å²) in [7, 11) is 0. The van der Waals surface area contributed by atoms with Crippen molar-refractivity contribution < 1.29 is 18.0 Å². The molecule has 1 aliphatic rings. The van der Waals surface area contributed by atoms with Crippen LogP contribution in [0.2, 0.25) is 0 Å². The molecule has 1 atom stereocenters. The molecule has 8 heteroatoms. The Morgan fingerprint density at radius 3 is 2.69 bits per heavy atom. The number of nitrogens with one attached hydrogen (secondary N) is 1. The molecule has 1 unspecified atom stereocenters. The maximum Gasteiger partial charge on any atom is 0.461 e. The lowest BCUT2D eigenvalue weighted by atomic mass is 10.5. The number of nitriles is 1. The smallest absolute Gasteiger partial charge is 0.303 e. The molecular weight excluding hydrogens is 207 g/mol. The van der Waals surface area contributed by atoms with E-state index in [4.69, 9.17) is 5.26 Å². The normalized spacial score (nSPS) is 20.8. The SMILES string of the molecule is N#CC1CN1C(=O)NSC(F)(F)F. The molecule has 0 aromatic rings. The van der Waals surface area contributed by atoms with Crippen molar-refractivity contribution in [1.82, 2.24) is 9.62 Å². The zero-order valence-electron chi connectivity index (χ0n) is 6.13. The number of alkyl halides is 3. The van der Waals surface area contributed by atoms with Crippen molar-refractivity contribution >= 4 is 18.0 Å². The number of carbonyl (C=O) groups is 1. The lowest BCUT2D eigenvalue weighted by Gasteiger charge is -2.06. The summed E-state index contributed by atoms with van der Waals surface area (Å²) < 4.78 is 36.2. The van der Waals surface area contributed by atoms with Gasteiger partial charge in [-0.15, -0.1) is 0 Å². The van der Waals surface area contributed by atoms with Crippen molar-refractivity contribution in [2.75, 3.05) is 6.54 Å². The Balaban J connectivity index is 2.25. The highest BCUT2D eigenvalue weighted by molar-refractivity contribution is 7.98. The lowest BCUT2D eigenvalue weighted by Crippen LogP contribution is -2.26. The van der Waals surface area contributed by atoms with E-state index in [-0.39, 0.29) is 6.54 Å². The van der Waals surface area contributed by atoms with Crippen molar-refractivity contribution in [3.8, 4) is 6.07 Å². The summed E-state index contributed by atoms with van der Waals surface area (Å²) in [6.07, 6.45) is 0. The fourth-order valence-corrected chi connectivity index (χ4v) is 0.955. The number of urea groups is 1. The van der Waals surface area contributed by atoms with Crippen LogP contribution in [0.25, 0.3) is 0 Å². The number of rotatable bonds is 1. The first kappa shape index (κ1) is 9.98. The number of carbonyl (C=O) groups excluding carboxylic acids is 1. The summed E-state index contributed by atoms with van der Waals surface area (Å²) in [4.78, 5) is 11.8. The third-order valence-electron chi connectivity index (χ3n) is 1.28. The average molecular weight is 211 g/mol. The monoisotopic (exact) mass is 211 g/mol. The van der Waals surface area contributed by atoms with E-state index < -0.39 is 29.5 Å². The van der Waals surface area contributed by atoms with Gasteiger partial charge in [0.15, 0.2) is 0 Å². The molecule has 1 heterocycles. The van der Waals surface area contributed by atoms with Crippen LogP contribution in [0.5, 0.6) is 0 Å². The van der Waals surface area contributed by atoms with Gasteiger partial charge in [0.05, 0.1) is 24.6 Å². The van der Waals surface area contributed by atoms with E-state index in [0.717, 1.165) is 4.90 Å². The summed E-state index contributed by atoms with van der Waals surface area (Å²) >= 11 is -0.628. The summed E-state index contributed by atoms with van der Waals surface area (Å²) in [5.41, 5.74) is -4.49. The minimum Gasteiger partial charge on any atom is -0.303 e. The van der Waals surface area contributed by atoms with Crippen LogP contribution < -0.4 is 4.72 Å². The van der Waals surface area contributed by atoms with E-state index in [2.05, 4.69) is 0 Å². The Kier molecular flexibility index (Phi) is 2.56. The van der Waals surface area contributed by atoms with Gasteiger partial charge in [-0.2, -0.15) is 18.4 Å². The van der Waals surface area contributed by atoms with Gasteiger partial charge in [-0.25, -0.2) is 4.79 Å². The van der Waals surface area contributed by atoms with Gasteiger partial charge in [-0.3, -0.25) is 4.72 Å². The van der Waals surface area contributed by atoms with E-state index in [9.17, 15) is 18.0 Å². The number of hydrogen-bond acceptors (Lipinski definition) is 3. The average Bonchev–Trinajstić information content (AvgIpc) is 2.77. The first-order chi connectivity index (χ1) is 5.94. The zero-order chi connectivity index (χ0) is 10.1. The quantitative estimate of drug-likeness (QED) is 0.521. The Hall–Kier alpha value is -1.10. The van der Waals surface area contributed by atoms with Crippen molar-refractivity contribution in [3.63, 3.8) is 0 Å². The van der Waals surface area contributed by atoms with Crippen molar-refractivity contribution in [2.45, 2.75) is 11.6 Å². The second kappa shape index (κ2) is 3.33. The van der Waals surface area contributed by atoms with Crippen LogP contribution in [0.15, 0.2) is 0 Å². The molecule has 2 amide bonds. The molecule has 1 saturated heterocycles. The van der Waals surface area contributed by atoms with Gasteiger partial charge in [0.25, 0.3) is 0 Å². The van der Waals surface area contributed by atoms with E-state index >= 15 is 0 Å². The topological polar surface area (TPSA) is 55.9 Å². The highest BCUT2D eigenvalue weighted by Crippen LogP contribution is 2.28. The van der Waals surface area contributed by atoms with E-state index in [1.807, 2.05) is 0 Å². The predicted molar refractivity (Wildman–Crippen MR) is 38.3 cm³/mol. The molecule has 0 radical (unpaired) electrons. The van der Waals surface area contributed by atoms with Crippen LogP contribution in [0.1, 0.15) is 0 Å². The molecule has 1 N–H and O–H groups in total. The van der Waals surface area contributed by atoms with Crippen molar-refractivity contribution in [1.29, 1.82) is 5.26 Å². The Bertz CT molecular complexity index is 261. The van der Waals surface area contributed by atoms with E-state index in [1.165, 1.54) is 0 Å². The number of hydrogen-bond donors (Lipinski definition) is 1. The highest BCUT2D eigenvalue weighted by atomic mass is 32.2. The van der Waals surface area contributed by atoms with Crippen molar-refractivity contribution in [3.05, 3.63) is 0 Å². The van der Waals surface area contributed by atoms with Gasteiger partial charge in [-0.1, -0.05) is 0 Å². The second-order valence-electron chi connectivity index (χ2n) is 2.25. The minimum absolute atomic E-state index is 0.195. The van der Waals surface area contributed by atoms with Crippen LogP contribution in [-0.4, -0.2) is 29.0 Å². The minimum atomic E-state index is -4.49. The summed E-state index contributed by atoms with van der Waals surface area (Å²) in [6, 6.07) is 0.286. The number of amides is 2. The van der Waals surface area contributed by atoms with Gasteiger partial charge >= 0.3 is 11.5 Å². The Morgan fingerprint density at radius 2 is 2.31 bits per heavy atom. The largest absolute Gasteiger partial charge is 0.461 e. The Labute approximate surface area is 75.8 Å². The zero-order valence-corrected chi connectivity index (χ0v) is 6.95. The predicted octanol–water partition coefficient (Wildman–Crippen LogP) is 1.07. The molecular formula is C5H4F3N3OS. The molecule has 4 nitrogen and oxygen atoms in total. The van der Waals surface area contributed by atoms with Crippen LogP contribution in [-0.2, 0) is 0 Å². The molecule has 13 heavy (non-hydrogen) atoms. The van der Waals surface area contributed by atoms with Gasteiger partial charge < -0.3 is 4.90 Å². The second-order valence-corrected chi connectivity index (χ2v) is 3.12. The molecule has 0 spiro atoms. The van der Waals surface area contributed by atoms with Crippen LogP contribution >= 0.6 is 11.9 Å². The lowest BCUT2D eigenvalue weighted by molar-refractivity contribution is -0.0334. The summed E-state index contributed by atoms with van der Waals surface area (Å²) in [5.74, 6) is 0. The van der Waals surface area contributed by atoms with Gasteiger partial charge in [-0.05, 0) is 0 Å². The third kappa shape index (κ3) is 3.02. The first-order valence-corrected chi connectivity index (χ1v) is 3.96. The van der Waals surface area contributed by atoms with Gasteiger partial charge in [0.1, 0.15) is 6.04 Å². The van der Waals surface area contributed by atoms with Crippen LogP contribution in [0, 0.1) is 11.3 Å². The van der Waals surface area contributed by atoms with E-state index in [0.29, 0.717) is 0 Å². The third-order valence-corrected chi connectivity index (χ3v) is 1.78. The summed E-state index contributed by atoms with van der Waals surface area (Å²) in [5, 5.41) is 8.25. The maximum atomic E-state index is 11.5. The number of halogens is 3. The molecule has 1 rings (SSSR count). The van der Waals surface area contributed by atoms with Crippen molar-refractivity contribution in [2.24, 2.45) is 0 Å². The molecule has 0 bridgehead atoms. The fraction of sp³-hybridized carbons (Fsp3) is 0.600. The Morgan fingerprint density at radius 1 is 1.69 bits per heavy atom.